The van der Waals surface area contributed by atoms with Gasteiger partial charge in [0.15, 0.2) is 0 Å². The molecule has 1 N–H and O–H groups in total. The lowest BCUT2D eigenvalue weighted by Gasteiger charge is -2.37. The Morgan fingerprint density at radius 3 is 2.12 bits per heavy atom. The summed E-state index contributed by atoms with van der Waals surface area (Å²) in [5, 5.41) is 3.62. The number of halogens is 1. The molecule has 0 aromatic heterocycles. The van der Waals surface area contributed by atoms with Gasteiger partial charge in [0.25, 0.3) is 0 Å². The Hall–Kier alpha value is -1.42. The molecule has 0 unspecified atom stereocenters. The minimum atomic E-state index is -0.166. The van der Waals surface area contributed by atoms with E-state index in [0.717, 1.165) is 26.1 Å². The van der Waals surface area contributed by atoms with E-state index in [4.69, 9.17) is 0 Å². The first-order valence-corrected chi connectivity index (χ1v) is 13.4. The molecule has 3 atom stereocenters. The van der Waals surface area contributed by atoms with Gasteiger partial charge in [0.2, 0.25) is 5.91 Å². The van der Waals surface area contributed by atoms with Crippen molar-refractivity contribution >= 4 is 5.91 Å². The number of hydrogen-bond acceptors (Lipinski definition) is 2. The van der Waals surface area contributed by atoms with Gasteiger partial charge in [-0.2, -0.15) is 0 Å². The minimum Gasteiger partial charge on any atom is -0.353 e. The zero-order valence-corrected chi connectivity index (χ0v) is 19.6. The number of fused-ring (bicyclic) bond motifs is 1. The first-order valence-electron chi connectivity index (χ1n) is 13.4. The highest BCUT2D eigenvalue weighted by atomic mass is 19.1. The van der Waals surface area contributed by atoms with Crippen molar-refractivity contribution in [2.75, 3.05) is 13.1 Å². The summed E-state index contributed by atoms with van der Waals surface area (Å²) in [6, 6.07) is 7.28. The zero-order valence-electron chi connectivity index (χ0n) is 19.6. The average Bonchev–Trinajstić information content (AvgIpc) is 3.38. The van der Waals surface area contributed by atoms with E-state index in [0.29, 0.717) is 35.6 Å². The molecule has 1 aromatic carbocycles. The number of rotatable bonds is 6. The molecule has 0 spiro atoms. The van der Waals surface area contributed by atoms with E-state index in [1.807, 2.05) is 12.1 Å². The number of likely N-dealkylation sites (tertiary alicyclic amines) is 1. The Bertz CT molecular complexity index is 735. The normalized spacial score (nSPS) is 30.0. The molecule has 176 valence electrons. The van der Waals surface area contributed by atoms with Crippen LogP contribution in [-0.4, -0.2) is 29.9 Å². The molecule has 32 heavy (non-hydrogen) atoms. The molecule has 4 aliphatic rings. The van der Waals surface area contributed by atoms with Gasteiger partial charge in [-0.1, -0.05) is 50.7 Å². The van der Waals surface area contributed by atoms with Crippen molar-refractivity contribution in [1.82, 2.24) is 10.2 Å². The van der Waals surface area contributed by atoms with Crippen LogP contribution in [0.2, 0.25) is 0 Å². The molecule has 0 radical (unpaired) electrons. The zero-order chi connectivity index (χ0) is 21.9. The number of amides is 1. The van der Waals surface area contributed by atoms with Crippen LogP contribution in [-0.2, 0) is 11.3 Å². The third-order valence-corrected chi connectivity index (χ3v) is 9.20. The van der Waals surface area contributed by atoms with Crippen molar-refractivity contribution in [3.8, 4) is 0 Å². The highest BCUT2D eigenvalue weighted by Crippen LogP contribution is 2.42. The number of carbonyl (C=O) groups is 1. The lowest BCUT2D eigenvalue weighted by molar-refractivity contribution is -0.131. The van der Waals surface area contributed by atoms with Crippen molar-refractivity contribution in [2.24, 2.45) is 29.6 Å². The van der Waals surface area contributed by atoms with Gasteiger partial charge in [0.05, 0.1) is 0 Å². The van der Waals surface area contributed by atoms with Crippen LogP contribution in [0.5, 0.6) is 0 Å². The predicted molar refractivity (Wildman–Crippen MR) is 126 cm³/mol. The number of nitrogens with zero attached hydrogens (tertiary/aromatic N) is 1. The van der Waals surface area contributed by atoms with Gasteiger partial charge >= 0.3 is 0 Å². The van der Waals surface area contributed by atoms with Crippen molar-refractivity contribution in [2.45, 2.75) is 89.6 Å². The van der Waals surface area contributed by atoms with Crippen molar-refractivity contribution in [1.29, 1.82) is 0 Å². The molecule has 4 heteroatoms. The van der Waals surface area contributed by atoms with Crippen molar-refractivity contribution < 1.29 is 9.18 Å². The second-order valence-electron chi connectivity index (χ2n) is 11.3. The number of carbonyl (C=O) groups excluding carboxylic acids is 1. The maximum Gasteiger partial charge on any atom is 0.223 e. The van der Waals surface area contributed by atoms with E-state index in [1.165, 1.54) is 76.2 Å². The second kappa shape index (κ2) is 10.2. The molecular formula is C28H41FN2O. The Kier molecular flexibility index (Phi) is 7.16. The summed E-state index contributed by atoms with van der Waals surface area (Å²) in [4.78, 5) is 16.2. The van der Waals surface area contributed by atoms with E-state index in [9.17, 15) is 9.18 Å². The molecule has 1 aromatic rings. The smallest absolute Gasteiger partial charge is 0.223 e. The fourth-order valence-corrected chi connectivity index (χ4v) is 7.59. The van der Waals surface area contributed by atoms with Gasteiger partial charge in [-0.25, -0.2) is 4.39 Å². The Balaban J connectivity index is 1.21. The van der Waals surface area contributed by atoms with Crippen LogP contribution in [0.15, 0.2) is 24.3 Å². The Morgan fingerprint density at radius 1 is 0.875 bits per heavy atom. The Morgan fingerprint density at radius 2 is 1.50 bits per heavy atom. The van der Waals surface area contributed by atoms with Crippen LogP contribution >= 0.6 is 0 Å². The van der Waals surface area contributed by atoms with Gasteiger partial charge in [0.1, 0.15) is 5.82 Å². The molecule has 1 amide bonds. The van der Waals surface area contributed by atoms with Gasteiger partial charge in [0, 0.05) is 31.6 Å². The van der Waals surface area contributed by atoms with Gasteiger partial charge in [-0.15, -0.1) is 0 Å². The maximum absolute atomic E-state index is 13.7. The largest absolute Gasteiger partial charge is 0.353 e. The van der Waals surface area contributed by atoms with E-state index < -0.39 is 0 Å². The van der Waals surface area contributed by atoms with Gasteiger partial charge in [-0.3, -0.25) is 9.69 Å². The lowest BCUT2D eigenvalue weighted by Crippen LogP contribution is -2.47. The summed E-state index contributed by atoms with van der Waals surface area (Å²) < 4.78 is 13.2. The highest BCUT2D eigenvalue weighted by Gasteiger charge is 2.45. The SMILES string of the molecule is O=C(N[C@H]1CC[C@H]2CN(Cc3ccc(F)cc3)C[C@H]21)C(C1CCCCC1)C1CCCCC1. The second-order valence-corrected chi connectivity index (χ2v) is 11.3. The van der Waals surface area contributed by atoms with E-state index in [-0.39, 0.29) is 11.7 Å². The van der Waals surface area contributed by atoms with Crippen molar-refractivity contribution in [3.63, 3.8) is 0 Å². The third kappa shape index (κ3) is 5.05. The standard InChI is InChI=1S/C28H41FN2O/c29-24-14-11-20(12-15-24)17-31-18-23-13-16-26(25(23)19-31)30-28(32)27(21-7-3-1-4-8-21)22-9-5-2-6-10-22/h11-12,14-15,21-23,25-27H,1-10,13,16-19H2,(H,30,32)/t23-,25+,26-/m0/s1. The quantitative estimate of drug-likeness (QED) is 0.595. The summed E-state index contributed by atoms with van der Waals surface area (Å²) in [6.45, 7) is 3.06. The molecule has 0 bridgehead atoms. The fraction of sp³-hybridized carbons (Fsp3) is 0.750. The molecule has 3 aliphatic carbocycles. The van der Waals surface area contributed by atoms with Gasteiger partial charge < -0.3 is 5.32 Å². The summed E-state index contributed by atoms with van der Waals surface area (Å²) >= 11 is 0. The van der Waals surface area contributed by atoms with Crippen LogP contribution in [0, 0.1) is 35.4 Å². The van der Waals surface area contributed by atoms with Crippen LogP contribution in [0.3, 0.4) is 0 Å². The first kappa shape index (κ1) is 22.4. The van der Waals surface area contributed by atoms with Crippen LogP contribution in [0.25, 0.3) is 0 Å². The van der Waals surface area contributed by atoms with Crippen molar-refractivity contribution in [3.05, 3.63) is 35.6 Å². The Labute approximate surface area is 193 Å². The van der Waals surface area contributed by atoms with E-state index in [1.54, 1.807) is 12.1 Å². The van der Waals surface area contributed by atoms with E-state index in [2.05, 4.69) is 10.2 Å². The molecule has 1 heterocycles. The molecule has 4 fully saturated rings. The first-order chi connectivity index (χ1) is 15.7. The van der Waals surface area contributed by atoms with Crippen LogP contribution in [0.1, 0.15) is 82.6 Å². The highest BCUT2D eigenvalue weighted by molar-refractivity contribution is 5.79. The summed E-state index contributed by atoms with van der Waals surface area (Å²) in [6.07, 6.45) is 15.4. The topological polar surface area (TPSA) is 32.3 Å². The lowest BCUT2D eigenvalue weighted by atomic mass is 9.69. The maximum atomic E-state index is 13.7. The average molecular weight is 441 g/mol. The molecular weight excluding hydrogens is 399 g/mol. The third-order valence-electron chi connectivity index (χ3n) is 9.20. The van der Waals surface area contributed by atoms with E-state index >= 15 is 0 Å². The summed E-state index contributed by atoms with van der Waals surface area (Å²) in [5.41, 5.74) is 1.18. The summed E-state index contributed by atoms with van der Waals surface area (Å²) in [5.74, 6) is 2.99. The number of hydrogen-bond donors (Lipinski definition) is 1. The molecule has 1 saturated heterocycles. The molecule has 3 saturated carbocycles. The fourth-order valence-electron chi connectivity index (χ4n) is 7.59. The number of benzene rings is 1. The molecule has 5 rings (SSSR count). The molecule has 1 aliphatic heterocycles. The molecule has 3 nitrogen and oxygen atoms in total. The van der Waals surface area contributed by atoms with Gasteiger partial charge in [-0.05, 0) is 79.9 Å². The van der Waals surface area contributed by atoms with Crippen LogP contribution in [0.4, 0.5) is 4.39 Å². The predicted octanol–water partition coefficient (Wildman–Crippen LogP) is 5.93. The number of nitrogens with one attached hydrogen (secondary N) is 1. The minimum absolute atomic E-state index is 0.166. The monoisotopic (exact) mass is 440 g/mol. The summed E-state index contributed by atoms with van der Waals surface area (Å²) in [7, 11) is 0. The van der Waals surface area contributed by atoms with Crippen LogP contribution < -0.4 is 5.32 Å².